The monoisotopic (exact) mass is 424 g/mol. The molecular weight excluding hydrogens is 396 g/mol. The van der Waals surface area contributed by atoms with E-state index >= 15 is 0 Å². The Morgan fingerprint density at radius 1 is 1.21 bits per heavy atom. The van der Waals surface area contributed by atoms with Gasteiger partial charge in [0.1, 0.15) is 11.3 Å². The number of benzene rings is 1. The van der Waals surface area contributed by atoms with Gasteiger partial charge in [-0.3, -0.25) is 4.79 Å². The summed E-state index contributed by atoms with van der Waals surface area (Å²) in [6, 6.07) is 3.65. The van der Waals surface area contributed by atoms with Gasteiger partial charge in [-0.15, -0.1) is 0 Å². The lowest BCUT2D eigenvalue weighted by atomic mass is 9.84. The molecule has 1 amide bonds. The van der Waals surface area contributed by atoms with E-state index in [1.165, 1.54) is 45.4 Å². The highest BCUT2D eigenvalue weighted by molar-refractivity contribution is 7.89. The molecule has 0 aromatic heterocycles. The van der Waals surface area contributed by atoms with E-state index in [1.54, 1.807) is 0 Å². The Kier molecular flexibility index (Phi) is 6.19. The first kappa shape index (κ1) is 21.6. The number of methoxy groups -OCH3 is 1. The standard InChI is InChI=1S/C20H28N2O6S/c1-11(16-9-13-4-5-14(16)8-13)22-19(23)12(2)28-20(24)17-10-15(29(21,25)26)6-7-18(17)27-3/h6-7,10-14,16H,4-5,8-9H2,1-3H3,(H,22,23)(H2,21,25,26)/t11-,12-,13+,14+,16+/m1/s1. The molecule has 2 fully saturated rings. The number of hydrogen-bond donors (Lipinski definition) is 2. The van der Waals surface area contributed by atoms with Crippen LogP contribution in [0.25, 0.3) is 0 Å². The fourth-order valence-electron chi connectivity index (χ4n) is 4.66. The molecule has 2 aliphatic carbocycles. The van der Waals surface area contributed by atoms with Crippen molar-refractivity contribution in [2.45, 2.75) is 56.6 Å². The second-order valence-electron chi connectivity index (χ2n) is 8.09. The molecule has 0 unspecified atom stereocenters. The number of hydrogen-bond acceptors (Lipinski definition) is 6. The predicted molar refractivity (Wildman–Crippen MR) is 106 cm³/mol. The number of carbonyl (C=O) groups excluding carboxylic acids is 2. The van der Waals surface area contributed by atoms with Gasteiger partial charge in [-0.1, -0.05) is 6.42 Å². The Hall–Kier alpha value is -2.13. The maximum Gasteiger partial charge on any atom is 0.342 e. The molecule has 2 bridgehead atoms. The maximum absolute atomic E-state index is 12.5. The number of rotatable bonds is 7. The van der Waals surface area contributed by atoms with Crippen molar-refractivity contribution in [2.24, 2.45) is 22.9 Å². The molecule has 3 rings (SSSR count). The highest BCUT2D eigenvalue weighted by Crippen LogP contribution is 2.49. The molecule has 0 spiro atoms. The van der Waals surface area contributed by atoms with E-state index in [2.05, 4.69) is 5.32 Å². The minimum absolute atomic E-state index is 0.0131. The topological polar surface area (TPSA) is 125 Å². The average Bonchev–Trinajstić information content (AvgIpc) is 3.30. The number of fused-ring (bicyclic) bond motifs is 2. The van der Waals surface area contributed by atoms with Gasteiger partial charge in [-0.05, 0) is 69.1 Å². The van der Waals surface area contributed by atoms with E-state index < -0.39 is 22.1 Å². The second kappa shape index (κ2) is 8.31. The first-order valence-corrected chi connectivity index (χ1v) is 11.4. The van der Waals surface area contributed by atoms with Crippen LogP contribution in [0, 0.1) is 17.8 Å². The van der Waals surface area contributed by atoms with E-state index in [0.29, 0.717) is 11.8 Å². The quantitative estimate of drug-likeness (QED) is 0.644. The average molecular weight is 425 g/mol. The Balaban J connectivity index is 1.64. The van der Waals surface area contributed by atoms with Crippen LogP contribution in [0.15, 0.2) is 23.1 Å². The first-order chi connectivity index (χ1) is 13.6. The van der Waals surface area contributed by atoms with E-state index in [9.17, 15) is 18.0 Å². The third kappa shape index (κ3) is 4.72. The molecule has 3 N–H and O–H groups in total. The van der Waals surface area contributed by atoms with Crippen LogP contribution in [0.5, 0.6) is 5.75 Å². The molecule has 1 aromatic rings. The Morgan fingerprint density at radius 3 is 2.48 bits per heavy atom. The summed E-state index contributed by atoms with van der Waals surface area (Å²) in [6.45, 7) is 3.48. The predicted octanol–water partition coefficient (Wildman–Crippen LogP) is 1.83. The molecule has 2 saturated carbocycles. The SMILES string of the molecule is COc1ccc(S(N)(=O)=O)cc1C(=O)O[C@H](C)C(=O)N[C@H](C)[C@@H]1C[C@H]2CC[C@H]1C2. The van der Waals surface area contributed by atoms with Gasteiger partial charge in [0.25, 0.3) is 5.91 Å². The molecule has 1 aromatic carbocycles. The normalized spacial score (nSPS) is 25.3. The fourth-order valence-corrected chi connectivity index (χ4v) is 5.20. The van der Waals surface area contributed by atoms with E-state index in [4.69, 9.17) is 14.6 Å². The summed E-state index contributed by atoms with van der Waals surface area (Å²) < 4.78 is 33.5. The van der Waals surface area contributed by atoms with Crippen LogP contribution in [-0.2, 0) is 19.6 Å². The van der Waals surface area contributed by atoms with Gasteiger partial charge in [0.15, 0.2) is 6.10 Å². The highest BCUT2D eigenvalue weighted by atomic mass is 32.2. The number of nitrogens with two attached hydrogens (primary N) is 1. The van der Waals surface area contributed by atoms with Crippen molar-refractivity contribution in [3.8, 4) is 5.75 Å². The van der Waals surface area contributed by atoms with Crippen molar-refractivity contribution in [2.75, 3.05) is 7.11 Å². The van der Waals surface area contributed by atoms with Crippen molar-refractivity contribution in [1.29, 1.82) is 0 Å². The van der Waals surface area contributed by atoms with Crippen LogP contribution in [0.2, 0.25) is 0 Å². The van der Waals surface area contributed by atoms with Crippen LogP contribution in [0.3, 0.4) is 0 Å². The zero-order valence-corrected chi connectivity index (χ0v) is 17.7. The molecule has 9 heteroatoms. The van der Waals surface area contributed by atoms with Crippen LogP contribution >= 0.6 is 0 Å². The lowest BCUT2D eigenvalue weighted by molar-refractivity contribution is -0.130. The highest BCUT2D eigenvalue weighted by Gasteiger charge is 2.42. The second-order valence-corrected chi connectivity index (χ2v) is 9.65. The zero-order valence-electron chi connectivity index (χ0n) is 16.9. The summed E-state index contributed by atoms with van der Waals surface area (Å²) in [6.07, 6.45) is 3.86. The molecule has 0 aliphatic heterocycles. The number of amides is 1. The Morgan fingerprint density at radius 2 is 1.93 bits per heavy atom. The van der Waals surface area contributed by atoms with E-state index in [1.807, 2.05) is 6.92 Å². The van der Waals surface area contributed by atoms with Crippen molar-refractivity contribution in [3.05, 3.63) is 23.8 Å². The molecule has 0 saturated heterocycles. The molecule has 29 heavy (non-hydrogen) atoms. The molecule has 0 radical (unpaired) electrons. The number of esters is 1. The summed E-state index contributed by atoms with van der Waals surface area (Å²) in [5, 5.41) is 8.09. The van der Waals surface area contributed by atoms with Crippen molar-refractivity contribution in [1.82, 2.24) is 5.32 Å². The molecule has 2 aliphatic rings. The van der Waals surface area contributed by atoms with Gasteiger partial charge >= 0.3 is 5.97 Å². The minimum Gasteiger partial charge on any atom is -0.496 e. The summed E-state index contributed by atoms with van der Waals surface area (Å²) >= 11 is 0. The molecular formula is C20H28N2O6S. The summed E-state index contributed by atoms with van der Waals surface area (Å²) in [5.74, 6) is 0.798. The van der Waals surface area contributed by atoms with Crippen LogP contribution in [0.4, 0.5) is 0 Å². The maximum atomic E-state index is 12.5. The van der Waals surface area contributed by atoms with E-state index in [-0.39, 0.29) is 28.2 Å². The van der Waals surface area contributed by atoms with Gasteiger partial charge in [-0.2, -0.15) is 0 Å². The number of primary sulfonamides is 1. The van der Waals surface area contributed by atoms with Crippen molar-refractivity contribution >= 4 is 21.9 Å². The smallest absolute Gasteiger partial charge is 0.342 e. The molecule has 5 atom stereocenters. The van der Waals surface area contributed by atoms with Crippen LogP contribution in [0.1, 0.15) is 49.9 Å². The summed E-state index contributed by atoms with van der Waals surface area (Å²) in [7, 11) is -2.66. The lowest BCUT2D eigenvalue weighted by Gasteiger charge is -2.29. The number of carbonyl (C=O) groups is 2. The van der Waals surface area contributed by atoms with Crippen LogP contribution in [-0.4, -0.2) is 39.5 Å². The van der Waals surface area contributed by atoms with Gasteiger partial charge in [0, 0.05) is 6.04 Å². The third-order valence-electron chi connectivity index (χ3n) is 6.18. The van der Waals surface area contributed by atoms with E-state index in [0.717, 1.165) is 18.4 Å². The fraction of sp³-hybridized carbons (Fsp3) is 0.600. The van der Waals surface area contributed by atoms with Gasteiger partial charge in [-0.25, -0.2) is 18.4 Å². The van der Waals surface area contributed by atoms with Gasteiger partial charge in [0.05, 0.1) is 12.0 Å². The van der Waals surface area contributed by atoms with Crippen molar-refractivity contribution in [3.63, 3.8) is 0 Å². The molecule has 8 nitrogen and oxygen atoms in total. The lowest BCUT2D eigenvalue weighted by Crippen LogP contribution is -2.45. The van der Waals surface area contributed by atoms with Crippen molar-refractivity contribution < 1.29 is 27.5 Å². The Bertz CT molecular complexity index is 900. The third-order valence-corrected chi connectivity index (χ3v) is 7.09. The number of ether oxygens (including phenoxy) is 2. The van der Waals surface area contributed by atoms with Gasteiger partial charge < -0.3 is 14.8 Å². The minimum atomic E-state index is -4.00. The number of sulfonamides is 1. The Labute approximate surface area is 171 Å². The molecule has 160 valence electrons. The van der Waals surface area contributed by atoms with Gasteiger partial charge in [0.2, 0.25) is 10.0 Å². The molecule has 0 heterocycles. The zero-order chi connectivity index (χ0) is 21.3. The summed E-state index contributed by atoms with van der Waals surface area (Å²) in [4.78, 5) is 24.8. The first-order valence-electron chi connectivity index (χ1n) is 9.82. The number of nitrogens with one attached hydrogen (secondary N) is 1. The largest absolute Gasteiger partial charge is 0.496 e. The summed E-state index contributed by atoms with van der Waals surface area (Å²) in [5.41, 5.74) is -0.111. The van der Waals surface area contributed by atoms with Crippen LogP contribution < -0.4 is 15.2 Å².